The molecule has 26 heavy (non-hydrogen) atoms. The second-order valence-corrected chi connectivity index (χ2v) is 6.78. The first kappa shape index (κ1) is 20.6. The van der Waals surface area contributed by atoms with Crippen LogP contribution in [0.15, 0.2) is 42.5 Å². The summed E-state index contributed by atoms with van der Waals surface area (Å²) in [6.07, 6.45) is 2.06. The molecule has 0 spiro atoms. The number of hydrogen-bond donors (Lipinski definition) is 2. The summed E-state index contributed by atoms with van der Waals surface area (Å²) in [5.74, 6) is 0.894. The van der Waals surface area contributed by atoms with Crippen molar-refractivity contribution in [2.24, 2.45) is 0 Å². The number of ether oxygens (including phenoxy) is 1. The van der Waals surface area contributed by atoms with E-state index >= 15 is 0 Å². The van der Waals surface area contributed by atoms with Crippen LogP contribution in [0.1, 0.15) is 17.5 Å². The molecule has 0 saturated carbocycles. The van der Waals surface area contributed by atoms with E-state index in [1.54, 1.807) is 19.2 Å². The van der Waals surface area contributed by atoms with Crippen LogP contribution < -0.4 is 15.4 Å². The minimum absolute atomic E-state index is 0.0343. The number of nitrogens with one attached hydrogen (secondary N) is 2. The highest BCUT2D eigenvalue weighted by molar-refractivity contribution is 6.35. The van der Waals surface area contributed by atoms with Gasteiger partial charge in [0.2, 0.25) is 5.91 Å². The van der Waals surface area contributed by atoms with Gasteiger partial charge in [-0.15, -0.1) is 0 Å². The molecule has 0 aliphatic carbocycles. The maximum Gasteiger partial charge on any atom is 0.221 e. The molecule has 2 aromatic carbocycles. The van der Waals surface area contributed by atoms with E-state index in [9.17, 15) is 4.79 Å². The van der Waals surface area contributed by atoms with Crippen molar-refractivity contribution in [3.8, 4) is 5.75 Å². The average molecular weight is 395 g/mol. The smallest absolute Gasteiger partial charge is 0.221 e. The fourth-order valence-corrected chi connectivity index (χ4v) is 3.00. The second kappa shape index (κ2) is 11.1. The van der Waals surface area contributed by atoms with E-state index in [2.05, 4.69) is 22.8 Å². The van der Waals surface area contributed by atoms with Crippen molar-refractivity contribution in [3.05, 3.63) is 63.6 Å². The summed E-state index contributed by atoms with van der Waals surface area (Å²) in [5.41, 5.74) is 2.22. The fraction of sp³-hybridized carbons (Fsp3) is 0.350. The predicted molar refractivity (Wildman–Crippen MR) is 107 cm³/mol. The van der Waals surface area contributed by atoms with Crippen LogP contribution in [0.2, 0.25) is 10.0 Å². The van der Waals surface area contributed by atoms with Gasteiger partial charge >= 0.3 is 0 Å². The van der Waals surface area contributed by atoms with Gasteiger partial charge < -0.3 is 15.4 Å². The zero-order valence-electron chi connectivity index (χ0n) is 14.9. The van der Waals surface area contributed by atoms with Crippen LogP contribution >= 0.6 is 23.2 Å². The van der Waals surface area contributed by atoms with Gasteiger partial charge in [0.1, 0.15) is 5.75 Å². The molecule has 0 unspecified atom stereocenters. The summed E-state index contributed by atoms with van der Waals surface area (Å²) < 4.78 is 5.14. The van der Waals surface area contributed by atoms with Crippen molar-refractivity contribution >= 4 is 29.1 Å². The minimum Gasteiger partial charge on any atom is -0.497 e. The van der Waals surface area contributed by atoms with Gasteiger partial charge in [-0.2, -0.15) is 0 Å². The SMILES string of the molecule is COc1ccc(CCNCCC(=O)NCCc2ccc(Cl)cc2Cl)cc1. The van der Waals surface area contributed by atoms with E-state index < -0.39 is 0 Å². The molecule has 140 valence electrons. The quantitative estimate of drug-likeness (QED) is 0.601. The van der Waals surface area contributed by atoms with Crippen LogP contribution in [-0.2, 0) is 17.6 Å². The molecule has 1 amide bonds. The average Bonchev–Trinajstić information content (AvgIpc) is 2.64. The third kappa shape index (κ3) is 7.24. The largest absolute Gasteiger partial charge is 0.497 e. The van der Waals surface area contributed by atoms with Gasteiger partial charge in [0.15, 0.2) is 0 Å². The molecule has 0 fully saturated rings. The second-order valence-electron chi connectivity index (χ2n) is 5.93. The highest BCUT2D eigenvalue weighted by Crippen LogP contribution is 2.21. The minimum atomic E-state index is 0.0343. The summed E-state index contributed by atoms with van der Waals surface area (Å²) in [7, 11) is 1.66. The van der Waals surface area contributed by atoms with Crippen LogP contribution in [0.25, 0.3) is 0 Å². The lowest BCUT2D eigenvalue weighted by Crippen LogP contribution is -2.29. The van der Waals surface area contributed by atoms with Crippen molar-refractivity contribution in [1.29, 1.82) is 0 Å². The van der Waals surface area contributed by atoms with Gasteiger partial charge in [-0.1, -0.05) is 41.4 Å². The first-order valence-corrected chi connectivity index (χ1v) is 9.38. The molecule has 2 rings (SSSR count). The third-order valence-corrected chi connectivity index (χ3v) is 4.60. The Morgan fingerprint density at radius 3 is 2.46 bits per heavy atom. The number of methoxy groups -OCH3 is 1. The Morgan fingerprint density at radius 1 is 1.00 bits per heavy atom. The van der Waals surface area contributed by atoms with Crippen molar-refractivity contribution in [2.45, 2.75) is 19.3 Å². The summed E-state index contributed by atoms with van der Waals surface area (Å²) in [5, 5.41) is 7.44. The Kier molecular flexibility index (Phi) is 8.75. The molecule has 6 heteroatoms. The molecule has 0 heterocycles. The first-order valence-electron chi connectivity index (χ1n) is 8.63. The van der Waals surface area contributed by atoms with E-state index in [4.69, 9.17) is 27.9 Å². The number of rotatable bonds is 10. The Hall–Kier alpha value is -1.75. The van der Waals surface area contributed by atoms with Crippen LogP contribution in [0.4, 0.5) is 0 Å². The Morgan fingerprint density at radius 2 is 1.77 bits per heavy atom. The summed E-state index contributed by atoms with van der Waals surface area (Å²) in [6.45, 7) is 2.05. The third-order valence-electron chi connectivity index (χ3n) is 4.01. The van der Waals surface area contributed by atoms with Gasteiger partial charge in [0.25, 0.3) is 0 Å². The number of carbonyl (C=O) groups excluding carboxylic acids is 1. The zero-order valence-corrected chi connectivity index (χ0v) is 16.4. The molecule has 0 aliphatic heterocycles. The van der Waals surface area contributed by atoms with E-state index in [1.807, 2.05) is 18.2 Å². The molecule has 0 aliphatic rings. The molecule has 0 aromatic heterocycles. The fourth-order valence-electron chi connectivity index (χ4n) is 2.50. The zero-order chi connectivity index (χ0) is 18.8. The van der Waals surface area contributed by atoms with Gasteiger partial charge in [-0.25, -0.2) is 0 Å². The standard InChI is InChI=1S/C20H24Cl2N2O2/c1-26-18-6-2-15(3-7-18)8-11-23-12-10-20(25)24-13-9-16-4-5-17(21)14-19(16)22/h2-7,14,23H,8-13H2,1H3,(H,24,25). The maximum atomic E-state index is 11.9. The Balaban J connectivity index is 1.55. The lowest BCUT2D eigenvalue weighted by Gasteiger charge is -2.08. The van der Waals surface area contributed by atoms with E-state index in [-0.39, 0.29) is 5.91 Å². The van der Waals surface area contributed by atoms with Crippen molar-refractivity contribution < 1.29 is 9.53 Å². The molecular weight excluding hydrogens is 371 g/mol. The Bertz CT molecular complexity index is 705. The molecule has 0 bridgehead atoms. The van der Waals surface area contributed by atoms with Crippen LogP contribution in [0, 0.1) is 0 Å². The van der Waals surface area contributed by atoms with Crippen LogP contribution in [0.3, 0.4) is 0 Å². The van der Waals surface area contributed by atoms with Gasteiger partial charge in [-0.3, -0.25) is 4.79 Å². The molecule has 2 aromatic rings. The van der Waals surface area contributed by atoms with Crippen LogP contribution in [0.5, 0.6) is 5.75 Å². The first-order chi connectivity index (χ1) is 12.6. The highest BCUT2D eigenvalue weighted by Gasteiger charge is 2.04. The monoisotopic (exact) mass is 394 g/mol. The number of carbonyl (C=O) groups is 1. The molecule has 0 atom stereocenters. The lowest BCUT2D eigenvalue weighted by molar-refractivity contribution is -0.120. The summed E-state index contributed by atoms with van der Waals surface area (Å²) in [6, 6.07) is 13.4. The topological polar surface area (TPSA) is 50.4 Å². The van der Waals surface area contributed by atoms with Crippen LogP contribution in [-0.4, -0.2) is 32.7 Å². The Labute approximate surface area is 164 Å². The maximum absolute atomic E-state index is 11.9. The number of halogens is 2. The molecule has 0 radical (unpaired) electrons. The van der Waals surface area contributed by atoms with Crippen molar-refractivity contribution in [2.75, 3.05) is 26.7 Å². The number of amides is 1. The van der Waals surface area contributed by atoms with E-state index in [0.717, 1.165) is 24.3 Å². The number of benzene rings is 2. The van der Waals surface area contributed by atoms with E-state index in [0.29, 0.717) is 36.0 Å². The number of hydrogen-bond acceptors (Lipinski definition) is 3. The normalized spacial score (nSPS) is 10.6. The summed E-state index contributed by atoms with van der Waals surface area (Å²) >= 11 is 12.0. The highest BCUT2D eigenvalue weighted by atomic mass is 35.5. The van der Waals surface area contributed by atoms with Gasteiger partial charge in [-0.05, 0) is 54.8 Å². The molecule has 4 nitrogen and oxygen atoms in total. The summed E-state index contributed by atoms with van der Waals surface area (Å²) in [4.78, 5) is 11.9. The van der Waals surface area contributed by atoms with Gasteiger partial charge in [0.05, 0.1) is 7.11 Å². The van der Waals surface area contributed by atoms with E-state index in [1.165, 1.54) is 5.56 Å². The molecule has 2 N–H and O–H groups in total. The van der Waals surface area contributed by atoms with Crippen molar-refractivity contribution in [1.82, 2.24) is 10.6 Å². The van der Waals surface area contributed by atoms with Crippen molar-refractivity contribution in [3.63, 3.8) is 0 Å². The molecular formula is C20H24Cl2N2O2. The molecule has 0 saturated heterocycles. The van der Waals surface area contributed by atoms with Gasteiger partial charge in [0, 0.05) is 29.6 Å². The predicted octanol–water partition coefficient (Wildman–Crippen LogP) is 3.88. The lowest BCUT2D eigenvalue weighted by atomic mass is 10.1.